The minimum absolute atomic E-state index is 0.343. The molecule has 1 aliphatic heterocycles. The molecule has 15 heavy (non-hydrogen) atoms. The molecule has 0 unspecified atom stereocenters. The van der Waals surface area contributed by atoms with Gasteiger partial charge in [-0.05, 0) is 27.7 Å². The van der Waals surface area contributed by atoms with E-state index < -0.39 is 0 Å². The fourth-order valence-corrected chi connectivity index (χ4v) is 3.15. The van der Waals surface area contributed by atoms with E-state index in [0.29, 0.717) is 23.5 Å². The summed E-state index contributed by atoms with van der Waals surface area (Å²) in [6, 6.07) is 2.90. The van der Waals surface area contributed by atoms with Crippen LogP contribution in [0.3, 0.4) is 0 Å². The topological polar surface area (TPSA) is 57.0 Å². The zero-order chi connectivity index (χ0) is 11.5. The van der Waals surface area contributed by atoms with Crippen LogP contribution in [-0.4, -0.2) is 23.7 Å². The van der Waals surface area contributed by atoms with E-state index in [1.165, 1.54) is 12.8 Å². The van der Waals surface area contributed by atoms with Gasteiger partial charge in [0.05, 0.1) is 49.0 Å². The Balaban J connectivity index is 2.49. The predicted octanol–water partition coefficient (Wildman–Crippen LogP) is -0.254. The fraction of sp³-hybridized carbons (Fsp3) is 0.917. The van der Waals surface area contributed by atoms with Gasteiger partial charge < -0.3 is 10.6 Å². The molecule has 1 aliphatic rings. The average Bonchev–Trinajstić information content (AvgIpc) is 1.98. The van der Waals surface area contributed by atoms with Gasteiger partial charge in [-0.1, -0.05) is 0 Å². The van der Waals surface area contributed by atoms with Crippen LogP contribution in [0.15, 0.2) is 0 Å². The molecule has 1 rings (SSSR count). The molecule has 0 amide bonds. The van der Waals surface area contributed by atoms with Gasteiger partial charge in [0.25, 0.3) is 0 Å². The molecule has 86 valence electrons. The molecule has 1 heterocycles. The molecule has 1 fully saturated rings. The van der Waals surface area contributed by atoms with E-state index in [-0.39, 0.29) is 0 Å². The largest absolute Gasteiger partial charge is 0.343 e. The number of nitriles is 1. The van der Waals surface area contributed by atoms with Gasteiger partial charge in [-0.3, -0.25) is 0 Å². The molecule has 0 aromatic carbocycles. The molecule has 0 aromatic rings. The number of rotatable bonds is 3. The van der Waals surface area contributed by atoms with Crippen LogP contribution in [0.4, 0.5) is 0 Å². The molecule has 3 heteroatoms. The van der Waals surface area contributed by atoms with Crippen molar-refractivity contribution in [2.45, 2.75) is 64.1 Å². The lowest BCUT2D eigenvalue weighted by molar-refractivity contribution is -0.813. The van der Waals surface area contributed by atoms with Gasteiger partial charge in [0.15, 0.2) is 0 Å². The van der Waals surface area contributed by atoms with Crippen molar-refractivity contribution in [3.05, 3.63) is 0 Å². The highest BCUT2D eigenvalue weighted by Gasteiger charge is 2.43. The molecule has 0 radical (unpaired) electrons. The second kappa shape index (κ2) is 4.51. The molecule has 0 aromatic heterocycles. The number of hydrogen-bond donors (Lipinski definition) is 2. The van der Waals surface area contributed by atoms with E-state index >= 15 is 0 Å². The lowest BCUT2D eigenvalue weighted by atomic mass is 9.79. The van der Waals surface area contributed by atoms with E-state index in [9.17, 15) is 0 Å². The summed E-state index contributed by atoms with van der Waals surface area (Å²) in [7, 11) is 0. The minimum Gasteiger partial charge on any atom is -0.343 e. The second-order valence-corrected chi connectivity index (χ2v) is 6.22. The van der Waals surface area contributed by atoms with Crippen LogP contribution in [-0.2, 0) is 0 Å². The first-order valence-corrected chi connectivity index (χ1v) is 5.92. The number of nitrogens with zero attached hydrogens (tertiary/aromatic N) is 1. The van der Waals surface area contributed by atoms with Crippen molar-refractivity contribution in [3.8, 4) is 6.07 Å². The molecule has 0 aliphatic carbocycles. The molecule has 0 spiro atoms. The van der Waals surface area contributed by atoms with Gasteiger partial charge >= 0.3 is 0 Å². The predicted molar refractivity (Wildman–Crippen MR) is 60.1 cm³/mol. The monoisotopic (exact) mass is 211 g/mol. The summed E-state index contributed by atoms with van der Waals surface area (Å²) in [5.41, 5.74) is 0.686. The summed E-state index contributed by atoms with van der Waals surface area (Å²) in [6.07, 6.45) is 3.14. The van der Waals surface area contributed by atoms with E-state index in [0.717, 1.165) is 6.54 Å². The van der Waals surface area contributed by atoms with Crippen molar-refractivity contribution in [1.82, 2.24) is 0 Å². The molecular formula is C12H25N3+2. The maximum absolute atomic E-state index is 8.52. The van der Waals surface area contributed by atoms with Gasteiger partial charge in [0.2, 0.25) is 0 Å². The van der Waals surface area contributed by atoms with Crippen molar-refractivity contribution in [1.29, 1.82) is 5.26 Å². The van der Waals surface area contributed by atoms with Gasteiger partial charge in [-0.2, -0.15) is 5.26 Å². The Labute approximate surface area is 93.2 Å². The van der Waals surface area contributed by atoms with E-state index in [1.807, 2.05) is 0 Å². The van der Waals surface area contributed by atoms with E-state index in [1.54, 1.807) is 0 Å². The fourth-order valence-electron chi connectivity index (χ4n) is 3.15. The Kier molecular flexibility index (Phi) is 3.75. The highest BCUT2D eigenvalue weighted by Crippen LogP contribution is 2.19. The maximum atomic E-state index is 8.52. The van der Waals surface area contributed by atoms with Gasteiger partial charge in [-0.25, -0.2) is 0 Å². The van der Waals surface area contributed by atoms with Crippen molar-refractivity contribution in [2.24, 2.45) is 0 Å². The van der Waals surface area contributed by atoms with Crippen LogP contribution in [0.25, 0.3) is 0 Å². The minimum atomic E-state index is 0.343. The SMILES string of the molecule is CC1(C)CC([NH2+]CCC#N)CC(C)(C)[NH2+]1. The summed E-state index contributed by atoms with van der Waals surface area (Å²) in [5.74, 6) is 0. The van der Waals surface area contributed by atoms with Crippen LogP contribution in [0.2, 0.25) is 0 Å². The van der Waals surface area contributed by atoms with Crippen LogP contribution < -0.4 is 10.6 Å². The van der Waals surface area contributed by atoms with Gasteiger partial charge in [0.1, 0.15) is 0 Å². The highest BCUT2D eigenvalue weighted by molar-refractivity contribution is 4.83. The molecule has 1 saturated heterocycles. The van der Waals surface area contributed by atoms with Crippen LogP contribution in [0.5, 0.6) is 0 Å². The summed E-state index contributed by atoms with van der Waals surface area (Å²) < 4.78 is 0. The van der Waals surface area contributed by atoms with Crippen molar-refractivity contribution in [2.75, 3.05) is 6.54 Å². The normalized spacial score (nSPS) is 24.7. The van der Waals surface area contributed by atoms with Crippen molar-refractivity contribution in [3.63, 3.8) is 0 Å². The number of piperidine rings is 1. The third-order valence-electron chi connectivity index (χ3n) is 3.11. The van der Waals surface area contributed by atoms with Crippen molar-refractivity contribution >= 4 is 0 Å². The number of hydrogen-bond acceptors (Lipinski definition) is 1. The smallest absolute Gasteiger partial charge is 0.0979 e. The molecule has 0 bridgehead atoms. The number of nitrogens with two attached hydrogens (primary N) is 2. The molecule has 4 N–H and O–H groups in total. The highest BCUT2D eigenvalue weighted by atomic mass is 15.1. The molecule has 0 atom stereocenters. The first kappa shape index (κ1) is 12.5. The molecular weight excluding hydrogens is 186 g/mol. The first-order chi connectivity index (χ1) is 6.85. The Morgan fingerprint density at radius 1 is 1.27 bits per heavy atom. The van der Waals surface area contributed by atoms with Crippen LogP contribution >= 0.6 is 0 Å². The Morgan fingerprint density at radius 2 is 1.80 bits per heavy atom. The van der Waals surface area contributed by atoms with Gasteiger partial charge in [0, 0.05) is 0 Å². The third kappa shape index (κ3) is 4.19. The Morgan fingerprint density at radius 3 is 2.27 bits per heavy atom. The lowest BCUT2D eigenvalue weighted by Crippen LogP contribution is -3.09. The zero-order valence-electron chi connectivity index (χ0n) is 10.5. The van der Waals surface area contributed by atoms with Crippen LogP contribution in [0, 0.1) is 11.3 Å². The Bertz CT molecular complexity index is 234. The van der Waals surface area contributed by atoms with E-state index in [2.05, 4.69) is 44.4 Å². The van der Waals surface area contributed by atoms with E-state index in [4.69, 9.17) is 5.26 Å². The van der Waals surface area contributed by atoms with Crippen molar-refractivity contribution < 1.29 is 10.6 Å². The maximum Gasteiger partial charge on any atom is 0.0979 e. The number of quaternary nitrogens is 2. The molecule has 0 saturated carbocycles. The van der Waals surface area contributed by atoms with Crippen LogP contribution in [0.1, 0.15) is 47.0 Å². The third-order valence-corrected chi connectivity index (χ3v) is 3.11. The quantitative estimate of drug-likeness (QED) is 0.621. The summed E-state index contributed by atoms with van der Waals surface area (Å²) in [5, 5.41) is 13.4. The second-order valence-electron chi connectivity index (χ2n) is 6.22. The summed E-state index contributed by atoms with van der Waals surface area (Å²) in [6.45, 7) is 10.2. The lowest BCUT2D eigenvalue weighted by Gasteiger charge is -2.41. The van der Waals surface area contributed by atoms with Gasteiger partial charge in [-0.15, -0.1) is 0 Å². The average molecular weight is 211 g/mol. The standard InChI is InChI=1S/C12H23N3/c1-11(2)8-10(14-7-5-6-13)9-12(3,4)15-11/h10,14-15H,5,7-9H2,1-4H3/p+2. The first-order valence-electron chi connectivity index (χ1n) is 5.92. The zero-order valence-corrected chi connectivity index (χ0v) is 10.5. The summed E-state index contributed by atoms with van der Waals surface area (Å²) >= 11 is 0. The Hall–Kier alpha value is -0.590. The molecule has 3 nitrogen and oxygen atoms in total. The summed E-state index contributed by atoms with van der Waals surface area (Å²) in [4.78, 5) is 0.